The average Bonchev–Trinajstić information content (AvgIpc) is 2.97. The first kappa shape index (κ1) is 11.2. The van der Waals surface area contributed by atoms with Crippen molar-refractivity contribution >= 4 is 17.3 Å². The fourth-order valence-electron chi connectivity index (χ4n) is 2.14. The van der Waals surface area contributed by atoms with E-state index in [0.717, 1.165) is 18.7 Å². The molecule has 3 rings (SSSR count). The van der Waals surface area contributed by atoms with Crippen LogP contribution in [-0.4, -0.2) is 33.1 Å². The highest BCUT2D eigenvalue weighted by molar-refractivity contribution is 5.66. The number of hydrogen-bond donors (Lipinski definition) is 3. The molecule has 7 heteroatoms. The summed E-state index contributed by atoms with van der Waals surface area (Å²) in [4.78, 5) is 8.71. The van der Waals surface area contributed by atoms with Crippen LogP contribution in [-0.2, 0) is 4.74 Å². The molecule has 0 bridgehead atoms. The molecule has 3 heterocycles. The molecule has 1 atom stereocenters. The molecular formula is C11H16N6O. The minimum Gasteiger partial charge on any atom is -0.379 e. The molecule has 2 aromatic rings. The number of rotatable bonds is 3. The van der Waals surface area contributed by atoms with Crippen molar-refractivity contribution in [1.82, 2.24) is 14.4 Å². The van der Waals surface area contributed by atoms with E-state index < -0.39 is 0 Å². The van der Waals surface area contributed by atoms with Crippen LogP contribution in [0.15, 0.2) is 18.6 Å². The first-order valence-electron chi connectivity index (χ1n) is 5.86. The minimum atomic E-state index is -0.105. The van der Waals surface area contributed by atoms with Gasteiger partial charge in [-0.15, -0.1) is 0 Å². The normalized spacial score (nSPS) is 23.4. The van der Waals surface area contributed by atoms with Gasteiger partial charge in [0, 0.05) is 19.0 Å². The molecule has 0 aromatic carbocycles. The summed E-state index contributed by atoms with van der Waals surface area (Å²) in [5.74, 6) is 6.72. The van der Waals surface area contributed by atoms with E-state index in [1.54, 1.807) is 12.4 Å². The number of nitrogens with one attached hydrogen (secondary N) is 2. The lowest BCUT2D eigenvalue weighted by atomic mass is 10.0. The summed E-state index contributed by atoms with van der Waals surface area (Å²) in [6.45, 7) is 3.55. The summed E-state index contributed by atoms with van der Waals surface area (Å²) in [6, 6.07) is 0. The summed E-state index contributed by atoms with van der Waals surface area (Å²) in [7, 11) is 0. The van der Waals surface area contributed by atoms with Crippen LogP contribution in [0.1, 0.15) is 13.3 Å². The van der Waals surface area contributed by atoms with E-state index in [-0.39, 0.29) is 5.54 Å². The van der Waals surface area contributed by atoms with Crippen LogP contribution in [0, 0.1) is 0 Å². The van der Waals surface area contributed by atoms with E-state index in [4.69, 9.17) is 10.6 Å². The number of nitrogens with zero attached hydrogens (tertiary/aromatic N) is 3. The molecule has 1 unspecified atom stereocenters. The molecule has 4 N–H and O–H groups in total. The van der Waals surface area contributed by atoms with Crippen LogP contribution in [0.25, 0.3) is 5.65 Å². The molecule has 0 aliphatic carbocycles. The maximum atomic E-state index is 5.42. The Labute approximate surface area is 104 Å². The molecule has 2 aromatic heterocycles. The van der Waals surface area contributed by atoms with E-state index in [2.05, 4.69) is 27.6 Å². The Bertz CT molecular complexity index is 560. The lowest BCUT2D eigenvalue weighted by Gasteiger charge is -2.24. The highest BCUT2D eigenvalue weighted by Gasteiger charge is 2.30. The standard InChI is InChI=1S/C11H16N6O/c1-11(2-5-18-7-11)15-9-10-13-3-4-17(10)6-8(14-9)16-12/h3-4,6,16H,2,5,7,12H2,1H3,(H,14,15). The quantitative estimate of drug-likeness (QED) is 0.544. The number of nitrogen functional groups attached to an aromatic ring is 1. The molecule has 7 nitrogen and oxygen atoms in total. The number of ether oxygens (including phenoxy) is 1. The van der Waals surface area contributed by atoms with Crippen molar-refractivity contribution in [3.8, 4) is 0 Å². The lowest BCUT2D eigenvalue weighted by molar-refractivity contribution is 0.185. The predicted molar refractivity (Wildman–Crippen MR) is 68.3 cm³/mol. The summed E-state index contributed by atoms with van der Waals surface area (Å²) in [5, 5.41) is 3.41. The van der Waals surface area contributed by atoms with Gasteiger partial charge in [0.25, 0.3) is 0 Å². The summed E-state index contributed by atoms with van der Waals surface area (Å²) in [5.41, 5.74) is 3.23. The number of imidazole rings is 1. The number of anilines is 2. The van der Waals surface area contributed by atoms with Crippen molar-refractivity contribution in [1.29, 1.82) is 0 Å². The molecule has 0 spiro atoms. The van der Waals surface area contributed by atoms with Crippen LogP contribution in [0.4, 0.5) is 11.6 Å². The van der Waals surface area contributed by atoms with Crippen molar-refractivity contribution in [2.75, 3.05) is 24.0 Å². The number of nitrogens with two attached hydrogens (primary N) is 1. The van der Waals surface area contributed by atoms with Crippen molar-refractivity contribution in [3.63, 3.8) is 0 Å². The topological polar surface area (TPSA) is 89.5 Å². The second-order valence-electron chi connectivity index (χ2n) is 4.77. The summed E-state index contributed by atoms with van der Waals surface area (Å²) in [6.07, 6.45) is 6.33. The van der Waals surface area contributed by atoms with Crippen LogP contribution >= 0.6 is 0 Å². The van der Waals surface area contributed by atoms with Gasteiger partial charge in [0.1, 0.15) is 0 Å². The maximum absolute atomic E-state index is 5.42. The molecule has 96 valence electrons. The van der Waals surface area contributed by atoms with E-state index in [1.165, 1.54) is 0 Å². The molecule has 1 aliphatic heterocycles. The Kier molecular flexibility index (Phi) is 2.57. The molecule has 1 fully saturated rings. The maximum Gasteiger partial charge on any atom is 0.180 e. The van der Waals surface area contributed by atoms with E-state index in [9.17, 15) is 0 Å². The smallest absolute Gasteiger partial charge is 0.180 e. The average molecular weight is 248 g/mol. The Morgan fingerprint density at radius 1 is 1.56 bits per heavy atom. The van der Waals surface area contributed by atoms with E-state index in [0.29, 0.717) is 18.2 Å². The number of hydrazine groups is 1. The fraction of sp³-hybridized carbons (Fsp3) is 0.455. The van der Waals surface area contributed by atoms with Crippen molar-refractivity contribution in [2.24, 2.45) is 5.84 Å². The van der Waals surface area contributed by atoms with Gasteiger partial charge in [-0.3, -0.25) is 0 Å². The zero-order valence-corrected chi connectivity index (χ0v) is 10.2. The first-order chi connectivity index (χ1) is 8.70. The van der Waals surface area contributed by atoms with Gasteiger partial charge in [0.05, 0.1) is 18.3 Å². The fourth-order valence-corrected chi connectivity index (χ4v) is 2.14. The van der Waals surface area contributed by atoms with Crippen LogP contribution < -0.4 is 16.6 Å². The first-order valence-corrected chi connectivity index (χ1v) is 5.86. The molecule has 0 radical (unpaired) electrons. The van der Waals surface area contributed by atoms with Gasteiger partial charge in [-0.2, -0.15) is 0 Å². The van der Waals surface area contributed by atoms with Crippen LogP contribution in [0.5, 0.6) is 0 Å². The highest BCUT2D eigenvalue weighted by atomic mass is 16.5. The minimum absolute atomic E-state index is 0.105. The predicted octanol–water partition coefficient (Wildman–Crippen LogP) is 0.606. The third kappa shape index (κ3) is 1.87. The third-order valence-corrected chi connectivity index (χ3v) is 3.16. The molecule has 18 heavy (non-hydrogen) atoms. The van der Waals surface area contributed by atoms with Gasteiger partial charge in [-0.25, -0.2) is 15.8 Å². The zero-order valence-electron chi connectivity index (χ0n) is 10.2. The lowest BCUT2D eigenvalue weighted by Crippen LogP contribution is -2.35. The molecule has 1 saturated heterocycles. The summed E-state index contributed by atoms with van der Waals surface area (Å²) >= 11 is 0. The largest absolute Gasteiger partial charge is 0.379 e. The van der Waals surface area contributed by atoms with Gasteiger partial charge in [0.2, 0.25) is 0 Å². The Morgan fingerprint density at radius 3 is 3.17 bits per heavy atom. The highest BCUT2D eigenvalue weighted by Crippen LogP contribution is 2.25. The number of aromatic nitrogens is 3. The molecule has 0 saturated carbocycles. The molecule has 0 amide bonds. The van der Waals surface area contributed by atoms with Crippen molar-refractivity contribution in [3.05, 3.63) is 18.6 Å². The monoisotopic (exact) mass is 248 g/mol. The Hall–Kier alpha value is -1.86. The van der Waals surface area contributed by atoms with Crippen LogP contribution in [0.3, 0.4) is 0 Å². The zero-order chi connectivity index (χ0) is 12.6. The van der Waals surface area contributed by atoms with Gasteiger partial charge in [-0.1, -0.05) is 0 Å². The number of hydrogen-bond acceptors (Lipinski definition) is 6. The van der Waals surface area contributed by atoms with Crippen molar-refractivity contribution < 1.29 is 4.74 Å². The van der Waals surface area contributed by atoms with Crippen molar-refractivity contribution in [2.45, 2.75) is 18.9 Å². The summed E-state index contributed by atoms with van der Waals surface area (Å²) < 4.78 is 7.30. The molecule has 1 aliphatic rings. The van der Waals surface area contributed by atoms with Gasteiger partial charge in [-0.05, 0) is 13.3 Å². The Balaban J connectivity index is 2.01. The van der Waals surface area contributed by atoms with E-state index in [1.807, 2.05) is 10.6 Å². The SMILES string of the molecule is CC1(Nc2nc(NN)cn3ccnc23)CCOC1. The second-order valence-corrected chi connectivity index (χ2v) is 4.77. The van der Waals surface area contributed by atoms with Gasteiger partial charge < -0.3 is 19.9 Å². The Morgan fingerprint density at radius 2 is 2.44 bits per heavy atom. The van der Waals surface area contributed by atoms with Crippen LogP contribution in [0.2, 0.25) is 0 Å². The number of fused-ring (bicyclic) bond motifs is 1. The second kappa shape index (κ2) is 4.11. The third-order valence-electron chi connectivity index (χ3n) is 3.16. The molecular weight excluding hydrogens is 232 g/mol. The van der Waals surface area contributed by atoms with Gasteiger partial charge in [0.15, 0.2) is 17.3 Å². The van der Waals surface area contributed by atoms with Gasteiger partial charge >= 0.3 is 0 Å². The van der Waals surface area contributed by atoms with E-state index >= 15 is 0 Å².